The van der Waals surface area contributed by atoms with Crippen molar-refractivity contribution in [3.8, 4) is 0 Å². The van der Waals surface area contributed by atoms with E-state index in [0.29, 0.717) is 11.1 Å². The zero-order chi connectivity index (χ0) is 20.1. The molecule has 0 bridgehead atoms. The van der Waals surface area contributed by atoms with Gasteiger partial charge in [0.25, 0.3) is 0 Å². The summed E-state index contributed by atoms with van der Waals surface area (Å²) < 4.78 is 0. The van der Waals surface area contributed by atoms with E-state index in [1.807, 2.05) is 36.4 Å². The molecule has 0 fully saturated rings. The lowest BCUT2D eigenvalue weighted by Gasteiger charge is -2.17. The van der Waals surface area contributed by atoms with Gasteiger partial charge in [-0.15, -0.1) is 5.10 Å². The molecule has 0 saturated heterocycles. The van der Waals surface area contributed by atoms with Gasteiger partial charge in [-0.1, -0.05) is 59.9 Å². The Labute approximate surface area is 177 Å². The number of thioether (sulfide) groups is 2. The second kappa shape index (κ2) is 9.01. The highest BCUT2D eigenvalue weighted by Gasteiger charge is 2.14. The Morgan fingerprint density at radius 3 is 2.34 bits per heavy atom. The van der Waals surface area contributed by atoms with E-state index >= 15 is 0 Å². The molecule has 0 atom stereocenters. The van der Waals surface area contributed by atoms with Gasteiger partial charge in [-0.25, -0.2) is 15.4 Å². The standard InChI is InChI=1S/C19H20N8S2/c1-21-17(25-19-23-15-9-5-3-7-13(15)11-29-19)27-26-16(20)24-18-22-14-8-4-2-6-12(14)10-28-18/h2-9H,10-11H2,1H3,(H3,20,22,24,26)(H2,21,23,25,27). The van der Waals surface area contributed by atoms with Crippen LogP contribution in [-0.4, -0.2) is 29.3 Å². The molecule has 10 heteroatoms. The van der Waals surface area contributed by atoms with Gasteiger partial charge in [0, 0.05) is 18.6 Å². The molecule has 0 spiro atoms. The zero-order valence-corrected chi connectivity index (χ0v) is 17.3. The topological polar surface area (TPSA) is 112 Å². The highest BCUT2D eigenvalue weighted by molar-refractivity contribution is 8.13. The first-order valence-corrected chi connectivity index (χ1v) is 10.9. The lowest BCUT2D eigenvalue weighted by atomic mass is 10.2. The molecule has 0 aromatic heterocycles. The van der Waals surface area contributed by atoms with E-state index in [1.54, 1.807) is 18.8 Å². The number of hydrazone groups is 1. The van der Waals surface area contributed by atoms with Crippen LogP contribution in [0.2, 0.25) is 0 Å². The summed E-state index contributed by atoms with van der Waals surface area (Å²) in [4.78, 5) is 13.4. The molecule has 5 N–H and O–H groups in total. The van der Waals surface area contributed by atoms with E-state index in [2.05, 4.69) is 48.3 Å². The van der Waals surface area contributed by atoms with Crippen molar-refractivity contribution in [1.82, 2.24) is 16.1 Å². The zero-order valence-electron chi connectivity index (χ0n) is 15.7. The summed E-state index contributed by atoms with van der Waals surface area (Å²) in [6.45, 7) is 0. The Hall–Kier alpha value is -2.98. The van der Waals surface area contributed by atoms with Crippen molar-refractivity contribution < 1.29 is 0 Å². The molecule has 2 aliphatic heterocycles. The van der Waals surface area contributed by atoms with Crippen LogP contribution in [-0.2, 0) is 11.5 Å². The van der Waals surface area contributed by atoms with Crippen molar-refractivity contribution in [2.75, 3.05) is 7.05 Å². The second-order valence-electron chi connectivity index (χ2n) is 6.09. The maximum Gasteiger partial charge on any atom is 0.219 e. The molecule has 2 aromatic carbocycles. The molecule has 4 rings (SSSR count). The fourth-order valence-corrected chi connectivity index (χ4v) is 4.38. The van der Waals surface area contributed by atoms with Gasteiger partial charge in [0.05, 0.1) is 11.4 Å². The Morgan fingerprint density at radius 2 is 1.62 bits per heavy atom. The summed E-state index contributed by atoms with van der Waals surface area (Å²) in [5, 5.41) is 11.7. The Kier molecular flexibility index (Phi) is 6.01. The molecule has 0 radical (unpaired) electrons. The molecule has 0 amide bonds. The van der Waals surface area contributed by atoms with Crippen LogP contribution in [0.4, 0.5) is 11.4 Å². The smallest absolute Gasteiger partial charge is 0.219 e. The van der Waals surface area contributed by atoms with Gasteiger partial charge in [-0.3, -0.25) is 0 Å². The first-order chi connectivity index (χ1) is 14.2. The van der Waals surface area contributed by atoms with Crippen LogP contribution >= 0.6 is 23.5 Å². The highest BCUT2D eigenvalue weighted by atomic mass is 32.2. The minimum atomic E-state index is 0.161. The van der Waals surface area contributed by atoms with Crippen LogP contribution in [0, 0.1) is 0 Å². The maximum atomic E-state index is 5.97. The van der Waals surface area contributed by atoms with E-state index < -0.39 is 0 Å². The van der Waals surface area contributed by atoms with Gasteiger partial charge >= 0.3 is 0 Å². The number of nitrogens with two attached hydrogens (primary N) is 1. The number of fused-ring (bicyclic) bond motifs is 2. The van der Waals surface area contributed by atoms with E-state index in [-0.39, 0.29) is 5.96 Å². The normalized spacial score (nSPS) is 16.2. The van der Waals surface area contributed by atoms with Gasteiger partial charge in [0.2, 0.25) is 11.9 Å². The summed E-state index contributed by atoms with van der Waals surface area (Å²) in [5.74, 6) is 2.32. The number of para-hydroxylation sites is 2. The molecule has 0 unspecified atom stereocenters. The number of aliphatic imine (C=N–C) groups is 3. The number of nitrogens with zero attached hydrogens (tertiary/aromatic N) is 4. The summed E-state index contributed by atoms with van der Waals surface area (Å²) in [6.07, 6.45) is 0. The van der Waals surface area contributed by atoms with Crippen LogP contribution in [0.5, 0.6) is 0 Å². The number of guanidine groups is 2. The predicted octanol–water partition coefficient (Wildman–Crippen LogP) is 2.84. The van der Waals surface area contributed by atoms with Gasteiger partial charge in [0.1, 0.15) is 0 Å². The van der Waals surface area contributed by atoms with Crippen LogP contribution < -0.4 is 21.8 Å². The van der Waals surface area contributed by atoms with Crippen molar-refractivity contribution >= 4 is 57.2 Å². The number of benzene rings is 2. The minimum absolute atomic E-state index is 0.161. The SMILES string of the molecule is CNC(=NNC(N)=NC1=Nc2ccccc2CS1)NC1=Nc2ccccc2CS1. The summed E-state index contributed by atoms with van der Waals surface area (Å²) in [5.41, 5.74) is 13.0. The van der Waals surface area contributed by atoms with Crippen molar-refractivity contribution in [2.24, 2.45) is 25.8 Å². The number of nitrogens with one attached hydrogen (secondary N) is 3. The molecule has 148 valence electrons. The quantitative estimate of drug-likeness (QED) is 0.318. The van der Waals surface area contributed by atoms with Crippen molar-refractivity contribution in [3.05, 3.63) is 59.7 Å². The molecule has 2 aromatic rings. The molecule has 29 heavy (non-hydrogen) atoms. The maximum absolute atomic E-state index is 5.97. The van der Waals surface area contributed by atoms with Crippen LogP contribution in [0.1, 0.15) is 11.1 Å². The van der Waals surface area contributed by atoms with E-state index in [4.69, 9.17) is 5.73 Å². The van der Waals surface area contributed by atoms with Gasteiger partial charge in [-0.05, 0) is 23.3 Å². The molecule has 8 nitrogen and oxygen atoms in total. The van der Waals surface area contributed by atoms with Crippen molar-refractivity contribution in [3.63, 3.8) is 0 Å². The average Bonchev–Trinajstić information content (AvgIpc) is 2.76. The number of rotatable bonds is 1. The van der Waals surface area contributed by atoms with E-state index in [9.17, 15) is 0 Å². The van der Waals surface area contributed by atoms with Gasteiger partial charge in [0.15, 0.2) is 10.3 Å². The fraction of sp³-hybridized carbons (Fsp3) is 0.158. The minimum Gasteiger partial charge on any atom is -0.368 e. The lowest BCUT2D eigenvalue weighted by Crippen LogP contribution is -2.41. The summed E-state index contributed by atoms with van der Waals surface area (Å²) in [6, 6.07) is 16.1. The molecule has 0 saturated carbocycles. The Balaban J connectivity index is 1.42. The third-order valence-corrected chi connectivity index (χ3v) is 5.92. The van der Waals surface area contributed by atoms with Crippen LogP contribution in [0.15, 0.2) is 68.6 Å². The van der Waals surface area contributed by atoms with E-state index in [1.165, 1.54) is 22.9 Å². The lowest BCUT2D eigenvalue weighted by molar-refractivity contribution is 0.950. The monoisotopic (exact) mass is 424 g/mol. The largest absolute Gasteiger partial charge is 0.368 e. The molecular formula is C19H20N8S2. The number of hydrogen-bond acceptors (Lipinski definition) is 6. The Bertz CT molecular complexity index is 1030. The van der Waals surface area contributed by atoms with Crippen LogP contribution in [0.25, 0.3) is 0 Å². The average molecular weight is 425 g/mol. The summed E-state index contributed by atoms with van der Waals surface area (Å²) in [7, 11) is 1.76. The van der Waals surface area contributed by atoms with Gasteiger partial charge in [-0.2, -0.15) is 4.99 Å². The van der Waals surface area contributed by atoms with Crippen molar-refractivity contribution in [2.45, 2.75) is 11.5 Å². The Morgan fingerprint density at radius 1 is 0.966 bits per heavy atom. The fourth-order valence-electron chi connectivity index (χ4n) is 2.66. The van der Waals surface area contributed by atoms with Crippen LogP contribution in [0.3, 0.4) is 0 Å². The molecule has 2 aliphatic rings. The predicted molar refractivity (Wildman–Crippen MR) is 124 cm³/mol. The number of amidine groups is 2. The molecule has 2 heterocycles. The molecule has 0 aliphatic carbocycles. The van der Waals surface area contributed by atoms with E-state index in [0.717, 1.165) is 28.0 Å². The second-order valence-corrected chi connectivity index (χ2v) is 8.00. The summed E-state index contributed by atoms with van der Waals surface area (Å²) >= 11 is 3.15. The highest BCUT2D eigenvalue weighted by Crippen LogP contribution is 2.31. The molecular weight excluding hydrogens is 404 g/mol. The third-order valence-electron chi connectivity index (χ3n) is 4.10. The first-order valence-electron chi connectivity index (χ1n) is 8.92. The van der Waals surface area contributed by atoms with Gasteiger partial charge < -0.3 is 16.4 Å². The third kappa shape index (κ3) is 4.90. The van der Waals surface area contributed by atoms with Crippen molar-refractivity contribution in [1.29, 1.82) is 0 Å². The first kappa shape index (κ1) is 19.3. The number of hydrogen-bond donors (Lipinski definition) is 4.